The summed E-state index contributed by atoms with van der Waals surface area (Å²) in [7, 11) is 2.13. The second-order valence-corrected chi connectivity index (χ2v) is 6.37. The molecule has 124 valence electrons. The van der Waals surface area contributed by atoms with Crippen molar-refractivity contribution in [3.05, 3.63) is 60.2 Å². The molecule has 24 heavy (non-hydrogen) atoms. The maximum Gasteiger partial charge on any atom is 0.127 e. The fourth-order valence-corrected chi connectivity index (χ4v) is 3.25. The molecule has 4 heteroatoms. The topological polar surface area (TPSA) is 39.5 Å². The molecule has 4 nitrogen and oxygen atoms in total. The van der Waals surface area contributed by atoms with Crippen molar-refractivity contribution >= 4 is 0 Å². The number of hydrogen-bond acceptors (Lipinski definition) is 4. The average Bonchev–Trinajstić information content (AvgIpc) is 2.59. The van der Waals surface area contributed by atoms with E-state index in [0.29, 0.717) is 6.04 Å². The molecule has 0 radical (unpaired) electrons. The van der Waals surface area contributed by atoms with Crippen molar-refractivity contribution in [2.24, 2.45) is 0 Å². The molecular formula is C20H23N3O. The first-order valence-electron chi connectivity index (χ1n) is 8.34. The molecule has 2 unspecified atom stereocenters. The Morgan fingerprint density at radius 2 is 1.83 bits per heavy atom. The second kappa shape index (κ2) is 7.48. The van der Waals surface area contributed by atoms with Crippen LogP contribution < -0.4 is 4.74 Å². The van der Waals surface area contributed by atoms with Gasteiger partial charge in [-0.05, 0) is 43.8 Å². The summed E-state index contributed by atoms with van der Waals surface area (Å²) in [5.74, 6) is 1.57. The van der Waals surface area contributed by atoms with E-state index < -0.39 is 0 Å². The molecule has 0 amide bonds. The third kappa shape index (κ3) is 3.76. The molecule has 0 N–H and O–H groups in total. The van der Waals surface area contributed by atoms with Gasteiger partial charge in [0, 0.05) is 25.7 Å². The van der Waals surface area contributed by atoms with E-state index in [1.807, 2.05) is 54.6 Å². The zero-order valence-electron chi connectivity index (χ0n) is 14.2. The zero-order valence-corrected chi connectivity index (χ0v) is 14.2. The third-order valence-corrected chi connectivity index (χ3v) is 4.49. The van der Waals surface area contributed by atoms with Gasteiger partial charge in [0.1, 0.15) is 17.5 Å². The lowest BCUT2D eigenvalue weighted by Gasteiger charge is -2.40. The van der Waals surface area contributed by atoms with Gasteiger partial charge in [-0.15, -0.1) is 0 Å². The highest BCUT2D eigenvalue weighted by Gasteiger charge is 2.29. The van der Waals surface area contributed by atoms with E-state index >= 15 is 0 Å². The van der Waals surface area contributed by atoms with Crippen molar-refractivity contribution in [1.82, 2.24) is 9.80 Å². The lowest BCUT2D eigenvalue weighted by molar-refractivity contribution is 0.0796. The summed E-state index contributed by atoms with van der Waals surface area (Å²) in [4.78, 5) is 4.59. The SMILES string of the molecule is CC1CN(C)CCN1C(C#N)c1cccc(Oc2ccccc2)c1. The van der Waals surface area contributed by atoms with Crippen LogP contribution in [0.1, 0.15) is 18.5 Å². The number of likely N-dealkylation sites (N-methyl/N-ethyl adjacent to an activating group) is 1. The first-order chi connectivity index (χ1) is 11.7. The highest BCUT2D eigenvalue weighted by molar-refractivity contribution is 5.36. The normalized spacial score (nSPS) is 20.3. The number of rotatable bonds is 4. The smallest absolute Gasteiger partial charge is 0.127 e. The van der Waals surface area contributed by atoms with E-state index in [0.717, 1.165) is 36.7 Å². The third-order valence-electron chi connectivity index (χ3n) is 4.49. The van der Waals surface area contributed by atoms with E-state index in [1.54, 1.807) is 0 Å². The molecule has 0 saturated carbocycles. The van der Waals surface area contributed by atoms with Gasteiger partial charge >= 0.3 is 0 Å². The Hall–Kier alpha value is -2.35. The van der Waals surface area contributed by atoms with Crippen molar-refractivity contribution in [2.75, 3.05) is 26.7 Å². The minimum Gasteiger partial charge on any atom is -0.457 e. The molecule has 1 aliphatic rings. The molecular weight excluding hydrogens is 298 g/mol. The molecule has 0 aliphatic carbocycles. The minimum atomic E-state index is -0.243. The highest BCUT2D eigenvalue weighted by Crippen LogP contribution is 2.29. The second-order valence-electron chi connectivity index (χ2n) is 6.37. The summed E-state index contributed by atoms with van der Waals surface area (Å²) in [6, 6.07) is 20.2. The Balaban J connectivity index is 1.80. The molecule has 2 atom stereocenters. The van der Waals surface area contributed by atoms with Crippen molar-refractivity contribution < 1.29 is 4.74 Å². The summed E-state index contributed by atoms with van der Waals surface area (Å²) in [5, 5.41) is 9.75. The average molecular weight is 321 g/mol. The monoisotopic (exact) mass is 321 g/mol. The first-order valence-corrected chi connectivity index (χ1v) is 8.34. The van der Waals surface area contributed by atoms with E-state index in [-0.39, 0.29) is 6.04 Å². The molecule has 3 rings (SSSR count). The van der Waals surface area contributed by atoms with Crippen LogP contribution in [0.3, 0.4) is 0 Å². The van der Waals surface area contributed by atoms with Crippen molar-refractivity contribution in [3.63, 3.8) is 0 Å². The van der Waals surface area contributed by atoms with Gasteiger partial charge in [-0.1, -0.05) is 30.3 Å². The number of nitriles is 1. The van der Waals surface area contributed by atoms with Gasteiger partial charge < -0.3 is 9.64 Å². The maximum absolute atomic E-state index is 9.75. The Labute approximate surface area is 143 Å². The number of hydrogen-bond donors (Lipinski definition) is 0. The zero-order chi connectivity index (χ0) is 16.9. The Bertz CT molecular complexity index is 710. The summed E-state index contributed by atoms with van der Waals surface area (Å²) in [5.41, 5.74) is 0.988. The highest BCUT2D eigenvalue weighted by atomic mass is 16.5. The number of ether oxygens (including phenoxy) is 1. The molecule has 1 fully saturated rings. The molecule has 1 saturated heterocycles. The summed E-state index contributed by atoms with van der Waals surface area (Å²) in [6.07, 6.45) is 0. The first kappa shape index (κ1) is 16.5. The summed E-state index contributed by atoms with van der Waals surface area (Å²) < 4.78 is 5.91. The Kier molecular flexibility index (Phi) is 5.14. The van der Waals surface area contributed by atoms with Gasteiger partial charge in [0.15, 0.2) is 0 Å². The molecule has 0 spiro atoms. The van der Waals surface area contributed by atoms with Crippen LogP contribution in [0.5, 0.6) is 11.5 Å². The number of para-hydroxylation sites is 1. The molecule has 2 aromatic carbocycles. The predicted molar refractivity (Wildman–Crippen MR) is 95.0 cm³/mol. The minimum absolute atomic E-state index is 0.243. The summed E-state index contributed by atoms with van der Waals surface area (Å²) >= 11 is 0. The Morgan fingerprint density at radius 3 is 2.54 bits per heavy atom. The number of piperazine rings is 1. The van der Waals surface area contributed by atoms with E-state index in [1.165, 1.54) is 0 Å². The van der Waals surface area contributed by atoms with E-state index in [9.17, 15) is 5.26 Å². The van der Waals surface area contributed by atoms with Crippen LogP contribution in [-0.4, -0.2) is 42.5 Å². The standard InChI is InChI=1S/C20H23N3O/c1-16-15-22(2)11-12-23(16)20(14-21)17-7-6-10-19(13-17)24-18-8-4-3-5-9-18/h3-10,13,16,20H,11-12,15H2,1-2H3. The molecule has 0 aromatic heterocycles. The van der Waals surface area contributed by atoms with Gasteiger partial charge in [-0.2, -0.15) is 5.26 Å². The maximum atomic E-state index is 9.75. The fourth-order valence-electron chi connectivity index (χ4n) is 3.25. The van der Waals surface area contributed by atoms with Crippen molar-refractivity contribution in [1.29, 1.82) is 5.26 Å². The molecule has 2 aromatic rings. The lowest BCUT2D eigenvalue weighted by atomic mass is 10.0. The quantitative estimate of drug-likeness (QED) is 0.861. The molecule has 0 bridgehead atoms. The van der Waals surface area contributed by atoms with E-state index in [4.69, 9.17) is 4.74 Å². The van der Waals surface area contributed by atoms with Crippen molar-refractivity contribution in [2.45, 2.75) is 19.0 Å². The lowest BCUT2D eigenvalue weighted by Crippen LogP contribution is -2.51. The van der Waals surface area contributed by atoms with Gasteiger partial charge in [0.2, 0.25) is 0 Å². The van der Waals surface area contributed by atoms with E-state index in [2.05, 4.69) is 29.8 Å². The van der Waals surface area contributed by atoms with Gasteiger partial charge in [-0.25, -0.2) is 0 Å². The number of nitrogens with zero attached hydrogens (tertiary/aromatic N) is 3. The van der Waals surface area contributed by atoms with Crippen LogP contribution >= 0.6 is 0 Å². The van der Waals surface area contributed by atoms with Gasteiger partial charge in [0.05, 0.1) is 6.07 Å². The predicted octanol–water partition coefficient (Wildman–Crippen LogP) is 3.68. The van der Waals surface area contributed by atoms with Crippen LogP contribution in [0.2, 0.25) is 0 Å². The Morgan fingerprint density at radius 1 is 1.08 bits per heavy atom. The van der Waals surface area contributed by atoms with Crippen LogP contribution in [0, 0.1) is 11.3 Å². The number of benzene rings is 2. The van der Waals surface area contributed by atoms with Crippen LogP contribution in [0.4, 0.5) is 0 Å². The van der Waals surface area contributed by atoms with Crippen molar-refractivity contribution in [3.8, 4) is 17.6 Å². The molecule has 1 heterocycles. The largest absolute Gasteiger partial charge is 0.457 e. The van der Waals surface area contributed by atoms with Gasteiger partial charge in [0.25, 0.3) is 0 Å². The van der Waals surface area contributed by atoms with Crippen LogP contribution in [0.25, 0.3) is 0 Å². The molecule has 1 aliphatic heterocycles. The summed E-state index contributed by atoms with van der Waals surface area (Å²) in [6.45, 7) is 5.06. The van der Waals surface area contributed by atoms with Crippen LogP contribution in [-0.2, 0) is 0 Å². The fraction of sp³-hybridized carbons (Fsp3) is 0.350. The van der Waals surface area contributed by atoms with Crippen LogP contribution in [0.15, 0.2) is 54.6 Å². The van der Waals surface area contributed by atoms with Gasteiger partial charge in [-0.3, -0.25) is 4.90 Å².